The molecule has 0 amide bonds. The summed E-state index contributed by atoms with van der Waals surface area (Å²) in [6, 6.07) is 0. The van der Waals surface area contributed by atoms with Crippen LogP contribution in [0.25, 0.3) is 0 Å². The second kappa shape index (κ2) is 7.00. The number of imidazole rings is 1. The van der Waals surface area contributed by atoms with Crippen LogP contribution < -0.4 is 5.73 Å². The Hall–Kier alpha value is -1.56. The standard InChI is InChI=1S/C12H21N3O3/c1-9(2)4-6-18-7-5-15-8-14-10(11(15)13)12(16)17-3/h8-9H,4-7,13H2,1-3H3. The third-order valence-corrected chi connectivity index (χ3v) is 2.57. The van der Waals surface area contributed by atoms with Gasteiger partial charge in [-0.2, -0.15) is 0 Å². The molecule has 0 aromatic carbocycles. The van der Waals surface area contributed by atoms with E-state index in [0.29, 0.717) is 24.9 Å². The smallest absolute Gasteiger partial charge is 0.360 e. The van der Waals surface area contributed by atoms with Crippen molar-refractivity contribution >= 4 is 11.8 Å². The zero-order valence-corrected chi connectivity index (χ0v) is 11.2. The summed E-state index contributed by atoms with van der Waals surface area (Å²) in [5.74, 6) is 0.426. The van der Waals surface area contributed by atoms with E-state index < -0.39 is 5.97 Å². The molecule has 0 bridgehead atoms. The third-order valence-electron chi connectivity index (χ3n) is 2.57. The molecule has 0 saturated carbocycles. The van der Waals surface area contributed by atoms with E-state index in [1.54, 1.807) is 4.57 Å². The number of hydrogen-bond donors (Lipinski definition) is 1. The van der Waals surface area contributed by atoms with Crippen LogP contribution in [0.1, 0.15) is 30.8 Å². The van der Waals surface area contributed by atoms with Crippen molar-refractivity contribution in [2.24, 2.45) is 5.92 Å². The van der Waals surface area contributed by atoms with Crippen molar-refractivity contribution in [1.29, 1.82) is 0 Å². The number of carbonyl (C=O) groups is 1. The molecular weight excluding hydrogens is 234 g/mol. The van der Waals surface area contributed by atoms with Crippen LogP contribution in [-0.2, 0) is 16.0 Å². The Bertz CT molecular complexity index is 388. The predicted molar refractivity (Wildman–Crippen MR) is 68.3 cm³/mol. The minimum Gasteiger partial charge on any atom is -0.464 e. The molecule has 0 aliphatic carbocycles. The lowest BCUT2D eigenvalue weighted by atomic mass is 10.1. The first kappa shape index (κ1) is 14.5. The minimum absolute atomic E-state index is 0.152. The van der Waals surface area contributed by atoms with Crippen LogP contribution in [0.2, 0.25) is 0 Å². The molecule has 0 spiro atoms. The van der Waals surface area contributed by atoms with Crippen LogP contribution in [0.5, 0.6) is 0 Å². The van der Waals surface area contributed by atoms with Crippen molar-refractivity contribution < 1.29 is 14.3 Å². The Morgan fingerprint density at radius 1 is 1.50 bits per heavy atom. The Labute approximate surface area is 107 Å². The van der Waals surface area contributed by atoms with Gasteiger partial charge >= 0.3 is 5.97 Å². The molecule has 1 aromatic rings. The molecular formula is C12H21N3O3. The number of esters is 1. The molecule has 0 atom stereocenters. The van der Waals surface area contributed by atoms with Crippen molar-refractivity contribution in [1.82, 2.24) is 9.55 Å². The molecule has 6 heteroatoms. The first-order chi connectivity index (χ1) is 8.56. The molecule has 2 N–H and O–H groups in total. The summed E-state index contributed by atoms with van der Waals surface area (Å²) >= 11 is 0. The number of anilines is 1. The van der Waals surface area contributed by atoms with Crippen LogP contribution in [0.3, 0.4) is 0 Å². The first-order valence-corrected chi connectivity index (χ1v) is 6.03. The van der Waals surface area contributed by atoms with E-state index in [1.165, 1.54) is 13.4 Å². The molecule has 0 aliphatic rings. The van der Waals surface area contributed by atoms with Gasteiger partial charge in [-0.1, -0.05) is 13.8 Å². The third kappa shape index (κ3) is 4.03. The Kier molecular flexibility index (Phi) is 5.64. The number of methoxy groups -OCH3 is 1. The summed E-state index contributed by atoms with van der Waals surface area (Å²) in [7, 11) is 1.30. The van der Waals surface area contributed by atoms with Gasteiger partial charge in [0.25, 0.3) is 0 Å². The van der Waals surface area contributed by atoms with E-state index in [2.05, 4.69) is 23.6 Å². The number of nitrogen functional groups attached to an aromatic ring is 1. The summed E-state index contributed by atoms with van der Waals surface area (Å²) < 4.78 is 11.7. The van der Waals surface area contributed by atoms with E-state index in [1.807, 2.05) is 0 Å². The van der Waals surface area contributed by atoms with Crippen molar-refractivity contribution in [2.75, 3.05) is 26.1 Å². The van der Waals surface area contributed by atoms with E-state index in [9.17, 15) is 4.79 Å². The first-order valence-electron chi connectivity index (χ1n) is 6.03. The van der Waals surface area contributed by atoms with E-state index in [0.717, 1.165) is 13.0 Å². The van der Waals surface area contributed by atoms with Crippen LogP contribution in [0.4, 0.5) is 5.82 Å². The lowest BCUT2D eigenvalue weighted by Crippen LogP contribution is -2.11. The highest BCUT2D eigenvalue weighted by Crippen LogP contribution is 2.10. The van der Waals surface area contributed by atoms with Gasteiger partial charge < -0.3 is 19.8 Å². The second-order valence-electron chi connectivity index (χ2n) is 4.46. The van der Waals surface area contributed by atoms with Gasteiger partial charge in [0.15, 0.2) is 5.69 Å². The maximum Gasteiger partial charge on any atom is 0.360 e. The topological polar surface area (TPSA) is 79.4 Å². The zero-order chi connectivity index (χ0) is 13.5. The maximum absolute atomic E-state index is 11.3. The fourth-order valence-corrected chi connectivity index (χ4v) is 1.41. The highest BCUT2D eigenvalue weighted by molar-refractivity contribution is 5.91. The van der Waals surface area contributed by atoms with Gasteiger partial charge in [-0.25, -0.2) is 9.78 Å². The number of nitrogens with zero attached hydrogens (tertiary/aromatic N) is 2. The van der Waals surface area contributed by atoms with Gasteiger partial charge in [-0.05, 0) is 12.3 Å². The quantitative estimate of drug-likeness (QED) is 0.587. The average molecular weight is 255 g/mol. The van der Waals surface area contributed by atoms with Gasteiger partial charge in [0.2, 0.25) is 0 Å². The number of nitrogens with two attached hydrogens (primary N) is 1. The molecule has 0 radical (unpaired) electrons. The SMILES string of the molecule is COC(=O)c1ncn(CCOCCC(C)C)c1N. The van der Waals surface area contributed by atoms with Gasteiger partial charge in [0.1, 0.15) is 5.82 Å². The van der Waals surface area contributed by atoms with Crippen molar-refractivity contribution in [2.45, 2.75) is 26.8 Å². The van der Waals surface area contributed by atoms with Crippen LogP contribution >= 0.6 is 0 Å². The van der Waals surface area contributed by atoms with E-state index in [4.69, 9.17) is 10.5 Å². The number of aromatic nitrogens is 2. The number of carbonyl (C=O) groups excluding carboxylic acids is 1. The Morgan fingerprint density at radius 3 is 2.83 bits per heavy atom. The normalized spacial score (nSPS) is 10.9. The molecule has 6 nitrogen and oxygen atoms in total. The van der Waals surface area contributed by atoms with Crippen molar-refractivity contribution in [3.63, 3.8) is 0 Å². The Morgan fingerprint density at radius 2 is 2.22 bits per heavy atom. The van der Waals surface area contributed by atoms with Gasteiger partial charge in [0, 0.05) is 13.2 Å². The number of rotatable bonds is 7. The fraction of sp³-hybridized carbons (Fsp3) is 0.667. The number of ether oxygens (including phenoxy) is 2. The molecule has 0 saturated heterocycles. The van der Waals surface area contributed by atoms with Crippen molar-refractivity contribution in [3.8, 4) is 0 Å². The average Bonchev–Trinajstić information content (AvgIpc) is 2.69. The summed E-state index contributed by atoms with van der Waals surface area (Å²) in [6.45, 7) is 6.16. The zero-order valence-electron chi connectivity index (χ0n) is 11.2. The summed E-state index contributed by atoms with van der Waals surface area (Å²) in [6.07, 6.45) is 2.56. The molecule has 0 fully saturated rings. The van der Waals surface area contributed by atoms with Gasteiger partial charge in [0.05, 0.1) is 20.0 Å². The molecule has 18 heavy (non-hydrogen) atoms. The molecule has 0 aliphatic heterocycles. The van der Waals surface area contributed by atoms with Gasteiger partial charge in [-0.15, -0.1) is 0 Å². The molecule has 1 heterocycles. The second-order valence-corrected chi connectivity index (χ2v) is 4.46. The van der Waals surface area contributed by atoms with Crippen LogP contribution in [0.15, 0.2) is 6.33 Å². The minimum atomic E-state index is -0.521. The summed E-state index contributed by atoms with van der Waals surface area (Å²) in [5, 5.41) is 0. The number of hydrogen-bond acceptors (Lipinski definition) is 5. The maximum atomic E-state index is 11.3. The molecule has 1 rings (SSSR count). The van der Waals surface area contributed by atoms with Crippen LogP contribution in [-0.4, -0.2) is 35.8 Å². The molecule has 102 valence electrons. The predicted octanol–water partition coefficient (Wildman–Crippen LogP) is 1.31. The van der Waals surface area contributed by atoms with E-state index >= 15 is 0 Å². The lowest BCUT2D eigenvalue weighted by molar-refractivity contribution is 0.0595. The van der Waals surface area contributed by atoms with Crippen molar-refractivity contribution in [3.05, 3.63) is 12.0 Å². The van der Waals surface area contributed by atoms with Crippen LogP contribution in [0, 0.1) is 5.92 Å². The van der Waals surface area contributed by atoms with E-state index in [-0.39, 0.29) is 5.69 Å². The molecule has 1 aromatic heterocycles. The highest BCUT2D eigenvalue weighted by Gasteiger charge is 2.15. The summed E-state index contributed by atoms with van der Waals surface area (Å²) in [5.41, 5.74) is 5.94. The molecule has 0 unspecified atom stereocenters. The summed E-state index contributed by atoms with van der Waals surface area (Å²) in [4.78, 5) is 15.2. The monoisotopic (exact) mass is 255 g/mol. The van der Waals surface area contributed by atoms with Gasteiger partial charge in [-0.3, -0.25) is 0 Å². The Balaban J connectivity index is 2.39. The fourth-order valence-electron chi connectivity index (χ4n) is 1.41. The lowest BCUT2D eigenvalue weighted by Gasteiger charge is -2.08. The highest BCUT2D eigenvalue weighted by atomic mass is 16.5. The largest absolute Gasteiger partial charge is 0.464 e.